The van der Waals surface area contributed by atoms with Gasteiger partial charge in [-0.3, -0.25) is 4.79 Å². The van der Waals surface area contributed by atoms with Crippen molar-refractivity contribution < 1.29 is 22.4 Å². The molecule has 0 N–H and O–H groups in total. The van der Waals surface area contributed by atoms with Crippen LogP contribution in [0.5, 0.6) is 0 Å². The number of carbonyl (C=O) groups is 1. The molecule has 5 heteroatoms. The Kier molecular flexibility index (Phi) is 2.09. The molecule has 1 aromatic carbocycles. The number of fused-ring (bicyclic) bond motifs is 3. The molecule has 2 aliphatic carbocycles. The van der Waals surface area contributed by atoms with Crippen molar-refractivity contribution in [3.8, 4) is 0 Å². The number of carbonyl (C=O) groups excluding carboxylic acids is 1. The van der Waals surface area contributed by atoms with Gasteiger partial charge in [0, 0.05) is 17.9 Å². The van der Waals surface area contributed by atoms with Gasteiger partial charge in [0.1, 0.15) is 5.78 Å². The maximum absolute atomic E-state index is 13.6. The molecule has 0 aliphatic heterocycles. The molecule has 0 radical (unpaired) electrons. The van der Waals surface area contributed by atoms with Crippen molar-refractivity contribution in [1.82, 2.24) is 0 Å². The highest BCUT2D eigenvalue weighted by atomic mass is 19.2. The lowest BCUT2D eigenvalue weighted by molar-refractivity contribution is -0.120. The Morgan fingerprint density at radius 1 is 0.882 bits per heavy atom. The third-order valence-electron chi connectivity index (χ3n) is 3.80. The van der Waals surface area contributed by atoms with E-state index in [4.69, 9.17) is 0 Å². The minimum Gasteiger partial charge on any atom is -0.299 e. The van der Waals surface area contributed by atoms with Crippen LogP contribution in [0.3, 0.4) is 0 Å². The first-order valence-electron chi connectivity index (χ1n) is 5.39. The number of benzene rings is 1. The molecule has 0 amide bonds. The molecule has 0 aromatic heterocycles. The lowest BCUT2D eigenvalue weighted by Crippen LogP contribution is -2.09. The fraction of sp³-hybridized carbons (Fsp3) is 0.417. The quantitative estimate of drug-likeness (QED) is 0.389. The van der Waals surface area contributed by atoms with E-state index in [9.17, 15) is 22.4 Å². The van der Waals surface area contributed by atoms with E-state index in [-0.39, 0.29) is 23.3 Å². The van der Waals surface area contributed by atoms with Gasteiger partial charge in [-0.1, -0.05) is 0 Å². The van der Waals surface area contributed by atoms with Gasteiger partial charge in [-0.15, -0.1) is 0 Å². The summed E-state index contributed by atoms with van der Waals surface area (Å²) in [6, 6.07) is 0. The minimum absolute atomic E-state index is 0.0151. The second-order valence-corrected chi connectivity index (χ2v) is 4.57. The molecule has 1 saturated carbocycles. The predicted octanol–water partition coefficient (Wildman–Crippen LogP) is 2.86. The predicted molar refractivity (Wildman–Crippen MR) is 50.5 cm³/mol. The Labute approximate surface area is 94.4 Å². The van der Waals surface area contributed by atoms with Crippen molar-refractivity contribution in [2.45, 2.75) is 25.2 Å². The molecule has 0 heterocycles. The van der Waals surface area contributed by atoms with Gasteiger partial charge in [0.25, 0.3) is 0 Å². The normalized spacial score (nSPS) is 26.2. The summed E-state index contributed by atoms with van der Waals surface area (Å²) in [7, 11) is 0. The zero-order chi connectivity index (χ0) is 12.3. The molecule has 0 saturated heterocycles. The van der Waals surface area contributed by atoms with Crippen LogP contribution in [0.25, 0.3) is 0 Å². The van der Waals surface area contributed by atoms with E-state index in [1.54, 1.807) is 0 Å². The fourth-order valence-corrected chi connectivity index (χ4v) is 3.01. The van der Waals surface area contributed by atoms with Crippen molar-refractivity contribution in [3.05, 3.63) is 34.4 Å². The van der Waals surface area contributed by atoms with Crippen LogP contribution in [0, 0.1) is 29.2 Å². The first-order valence-corrected chi connectivity index (χ1v) is 5.39. The molecule has 2 unspecified atom stereocenters. The van der Waals surface area contributed by atoms with Gasteiger partial charge >= 0.3 is 0 Å². The average molecular weight is 244 g/mol. The largest absolute Gasteiger partial charge is 0.299 e. The summed E-state index contributed by atoms with van der Waals surface area (Å²) in [5, 5.41) is 0. The first kappa shape index (κ1) is 10.7. The van der Waals surface area contributed by atoms with Crippen molar-refractivity contribution >= 4 is 5.78 Å². The summed E-state index contributed by atoms with van der Waals surface area (Å²) >= 11 is 0. The maximum atomic E-state index is 13.6. The fourth-order valence-electron chi connectivity index (χ4n) is 3.01. The van der Waals surface area contributed by atoms with E-state index in [0.717, 1.165) is 0 Å². The summed E-state index contributed by atoms with van der Waals surface area (Å²) < 4.78 is 53.3. The Morgan fingerprint density at radius 2 is 1.53 bits per heavy atom. The number of hydrogen-bond acceptors (Lipinski definition) is 1. The molecule has 2 atom stereocenters. The van der Waals surface area contributed by atoms with Crippen molar-refractivity contribution in [1.29, 1.82) is 0 Å². The van der Waals surface area contributed by atoms with E-state index in [1.165, 1.54) is 0 Å². The third kappa shape index (κ3) is 1.22. The minimum atomic E-state index is -1.78. The van der Waals surface area contributed by atoms with Gasteiger partial charge in [0.15, 0.2) is 23.3 Å². The first-order chi connectivity index (χ1) is 8.02. The van der Waals surface area contributed by atoms with Gasteiger partial charge in [0.05, 0.1) is 0 Å². The molecule has 1 aromatic rings. The van der Waals surface area contributed by atoms with E-state index < -0.39 is 35.1 Å². The van der Waals surface area contributed by atoms with Crippen LogP contribution in [0.1, 0.15) is 29.9 Å². The summed E-state index contributed by atoms with van der Waals surface area (Å²) in [6.07, 6.45) is 0.672. The smallest absolute Gasteiger partial charge is 0.197 e. The number of hydrogen-bond donors (Lipinski definition) is 0. The van der Waals surface area contributed by atoms with Crippen molar-refractivity contribution in [2.24, 2.45) is 5.92 Å². The Bertz CT molecular complexity index is 538. The van der Waals surface area contributed by atoms with Crippen LogP contribution in [-0.2, 0) is 11.2 Å². The van der Waals surface area contributed by atoms with E-state index in [1.807, 2.05) is 0 Å². The number of ketones is 1. The molecule has 17 heavy (non-hydrogen) atoms. The Morgan fingerprint density at radius 3 is 2.24 bits per heavy atom. The SMILES string of the molecule is O=C1CCC2c3c(F)c(F)c(F)c(F)c3CC12. The average Bonchev–Trinajstić information content (AvgIpc) is 2.84. The number of rotatable bonds is 0. The Balaban J connectivity index is 2.25. The molecular weight excluding hydrogens is 236 g/mol. The third-order valence-corrected chi connectivity index (χ3v) is 3.80. The van der Waals surface area contributed by atoms with Gasteiger partial charge in [-0.05, 0) is 24.3 Å². The summed E-state index contributed by atoms with van der Waals surface area (Å²) in [6.45, 7) is 0. The van der Waals surface area contributed by atoms with Crippen molar-refractivity contribution in [2.75, 3.05) is 0 Å². The zero-order valence-corrected chi connectivity index (χ0v) is 8.70. The monoisotopic (exact) mass is 244 g/mol. The molecule has 1 fully saturated rings. The van der Waals surface area contributed by atoms with Gasteiger partial charge < -0.3 is 0 Å². The number of Topliss-reactive ketones (excluding diaryl/α,β-unsaturated/α-hetero) is 1. The topological polar surface area (TPSA) is 17.1 Å². The van der Waals surface area contributed by atoms with Gasteiger partial charge in [-0.2, -0.15) is 0 Å². The highest BCUT2D eigenvalue weighted by molar-refractivity contribution is 5.86. The van der Waals surface area contributed by atoms with Crippen LogP contribution >= 0.6 is 0 Å². The number of halogens is 4. The summed E-state index contributed by atoms with van der Waals surface area (Å²) in [5.74, 6) is -7.31. The van der Waals surface area contributed by atoms with E-state index >= 15 is 0 Å². The Hall–Kier alpha value is -1.39. The van der Waals surface area contributed by atoms with E-state index in [2.05, 4.69) is 0 Å². The molecule has 0 bridgehead atoms. The lowest BCUT2D eigenvalue weighted by Gasteiger charge is -2.10. The molecular formula is C12H8F4O. The highest BCUT2D eigenvalue weighted by Gasteiger charge is 2.46. The lowest BCUT2D eigenvalue weighted by atomic mass is 9.95. The summed E-state index contributed by atoms with van der Waals surface area (Å²) in [5.41, 5.74) is -0.290. The van der Waals surface area contributed by atoms with Crippen LogP contribution in [0.15, 0.2) is 0 Å². The molecule has 1 nitrogen and oxygen atoms in total. The van der Waals surface area contributed by atoms with Crippen LogP contribution < -0.4 is 0 Å². The molecule has 3 rings (SSSR count). The van der Waals surface area contributed by atoms with Crippen molar-refractivity contribution in [3.63, 3.8) is 0 Å². The van der Waals surface area contributed by atoms with Crippen LogP contribution in [0.2, 0.25) is 0 Å². The van der Waals surface area contributed by atoms with E-state index in [0.29, 0.717) is 12.8 Å². The second-order valence-electron chi connectivity index (χ2n) is 4.57. The van der Waals surface area contributed by atoms with Gasteiger partial charge in [-0.25, -0.2) is 17.6 Å². The van der Waals surface area contributed by atoms with Crippen LogP contribution in [0.4, 0.5) is 17.6 Å². The molecule has 90 valence electrons. The molecule has 2 aliphatic rings. The standard InChI is InChI=1S/C12H8F4O/c13-9-6-3-5-4(1-2-7(5)17)8(6)10(14)12(16)11(9)15/h4-5H,1-3H2. The maximum Gasteiger partial charge on any atom is 0.197 e. The summed E-state index contributed by atoms with van der Waals surface area (Å²) in [4.78, 5) is 11.5. The molecule has 0 spiro atoms. The van der Waals surface area contributed by atoms with Gasteiger partial charge in [0.2, 0.25) is 0 Å². The zero-order valence-electron chi connectivity index (χ0n) is 8.70. The second kappa shape index (κ2) is 3.31. The highest BCUT2D eigenvalue weighted by Crippen LogP contribution is 2.49. The van der Waals surface area contributed by atoms with Crippen LogP contribution in [-0.4, -0.2) is 5.78 Å².